The van der Waals surface area contributed by atoms with E-state index >= 15 is 0 Å². The van der Waals surface area contributed by atoms with Gasteiger partial charge in [-0.1, -0.05) is 0 Å². The van der Waals surface area contributed by atoms with Crippen molar-refractivity contribution in [2.24, 2.45) is 0 Å². The maximum Gasteiger partial charge on any atom is 0.492 e. The van der Waals surface area contributed by atoms with E-state index in [1.807, 2.05) is 6.92 Å². The van der Waals surface area contributed by atoms with Gasteiger partial charge in [0.15, 0.2) is 12.6 Å². The molecular formula is C17H25BO6. The highest BCUT2D eigenvalue weighted by Gasteiger charge is 2.25. The number of rotatable bonds is 5. The molecule has 24 heavy (non-hydrogen) atoms. The van der Waals surface area contributed by atoms with E-state index < -0.39 is 7.12 Å². The maximum atomic E-state index is 9.70. The molecule has 0 radical (unpaired) electrons. The van der Waals surface area contributed by atoms with E-state index in [2.05, 4.69) is 0 Å². The molecule has 2 fully saturated rings. The van der Waals surface area contributed by atoms with Crippen molar-refractivity contribution in [2.45, 2.75) is 58.0 Å². The third kappa shape index (κ3) is 4.42. The summed E-state index contributed by atoms with van der Waals surface area (Å²) >= 11 is 0. The fourth-order valence-electron chi connectivity index (χ4n) is 3.00. The molecule has 2 aliphatic heterocycles. The molecule has 2 saturated heterocycles. The highest BCUT2D eigenvalue weighted by atomic mass is 16.7. The van der Waals surface area contributed by atoms with Gasteiger partial charge in [0.1, 0.15) is 11.5 Å². The zero-order valence-corrected chi connectivity index (χ0v) is 14.1. The highest BCUT2D eigenvalue weighted by Crippen LogP contribution is 2.27. The van der Waals surface area contributed by atoms with Gasteiger partial charge in [-0.05, 0) is 50.3 Å². The molecule has 1 aromatic carbocycles. The van der Waals surface area contributed by atoms with Crippen molar-refractivity contribution in [3.63, 3.8) is 0 Å². The Morgan fingerprint density at radius 2 is 1.50 bits per heavy atom. The lowest BCUT2D eigenvalue weighted by Crippen LogP contribution is -2.35. The number of aryl methyl sites for hydroxylation is 1. The molecule has 0 bridgehead atoms. The minimum Gasteiger partial charge on any atom is -0.465 e. The quantitative estimate of drug-likeness (QED) is 0.794. The van der Waals surface area contributed by atoms with Crippen molar-refractivity contribution in [3.05, 3.63) is 17.7 Å². The van der Waals surface area contributed by atoms with Crippen LogP contribution in [-0.2, 0) is 9.47 Å². The monoisotopic (exact) mass is 336 g/mol. The predicted molar refractivity (Wildman–Crippen MR) is 89.4 cm³/mol. The lowest BCUT2D eigenvalue weighted by Gasteiger charge is -2.27. The average molecular weight is 336 g/mol. The Kier molecular flexibility index (Phi) is 6.00. The maximum absolute atomic E-state index is 9.70. The van der Waals surface area contributed by atoms with Crippen molar-refractivity contribution in [1.82, 2.24) is 0 Å². The topological polar surface area (TPSA) is 77.4 Å². The Balaban J connectivity index is 1.77. The summed E-state index contributed by atoms with van der Waals surface area (Å²) in [5, 5.41) is 19.4. The van der Waals surface area contributed by atoms with Crippen molar-refractivity contribution >= 4 is 12.6 Å². The number of hydrogen-bond donors (Lipinski definition) is 2. The summed E-state index contributed by atoms with van der Waals surface area (Å²) in [7, 11) is -1.64. The van der Waals surface area contributed by atoms with Crippen LogP contribution in [0.1, 0.15) is 44.1 Å². The molecular weight excluding hydrogens is 311 g/mol. The third-order valence-electron chi connectivity index (χ3n) is 4.38. The molecule has 0 aromatic heterocycles. The summed E-state index contributed by atoms with van der Waals surface area (Å²) in [5.41, 5.74) is 1.14. The molecule has 0 amide bonds. The highest BCUT2D eigenvalue weighted by molar-refractivity contribution is 6.59. The smallest absolute Gasteiger partial charge is 0.465 e. The first-order chi connectivity index (χ1) is 11.6. The van der Waals surface area contributed by atoms with Crippen LogP contribution in [0.3, 0.4) is 0 Å². The first-order valence-corrected chi connectivity index (χ1v) is 8.70. The van der Waals surface area contributed by atoms with Crippen LogP contribution >= 0.6 is 0 Å². The van der Waals surface area contributed by atoms with Gasteiger partial charge in [-0.3, -0.25) is 0 Å². The average Bonchev–Trinajstić information content (AvgIpc) is 2.59. The van der Waals surface area contributed by atoms with Crippen LogP contribution in [0, 0.1) is 6.92 Å². The Labute approximate surface area is 142 Å². The van der Waals surface area contributed by atoms with Crippen LogP contribution in [0.5, 0.6) is 11.5 Å². The lowest BCUT2D eigenvalue weighted by molar-refractivity contribution is -0.107. The third-order valence-corrected chi connectivity index (χ3v) is 4.38. The van der Waals surface area contributed by atoms with Crippen LogP contribution in [0.4, 0.5) is 0 Å². The Morgan fingerprint density at radius 3 is 2.00 bits per heavy atom. The molecule has 0 spiro atoms. The molecule has 7 heteroatoms. The van der Waals surface area contributed by atoms with Crippen LogP contribution in [-0.4, -0.2) is 43.0 Å². The van der Waals surface area contributed by atoms with Crippen LogP contribution < -0.4 is 14.9 Å². The fraction of sp³-hybridized carbons (Fsp3) is 0.647. The van der Waals surface area contributed by atoms with Crippen molar-refractivity contribution in [1.29, 1.82) is 0 Å². The molecule has 0 saturated carbocycles. The molecule has 0 aliphatic carbocycles. The second kappa shape index (κ2) is 8.20. The largest absolute Gasteiger partial charge is 0.492 e. The number of hydrogen-bond acceptors (Lipinski definition) is 6. The van der Waals surface area contributed by atoms with Gasteiger partial charge in [0.25, 0.3) is 0 Å². The van der Waals surface area contributed by atoms with Crippen LogP contribution in [0.25, 0.3) is 0 Å². The zero-order valence-electron chi connectivity index (χ0n) is 14.1. The SMILES string of the molecule is Cc1cc(OC2CCCCO2)c(B(O)O)cc1OC1CCCCO1. The first kappa shape index (κ1) is 17.5. The van der Waals surface area contributed by atoms with Gasteiger partial charge >= 0.3 is 7.12 Å². The molecule has 3 rings (SSSR count). The molecule has 132 valence electrons. The van der Waals surface area contributed by atoms with E-state index in [1.54, 1.807) is 12.1 Å². The van der Waals surface area contributed by atoms with E-state index in [-0.39, 0.29) is 18.0 Å². The lowest BCUT2D eigenvalue weighted by atomic mass is 9.79. The number of benzene rings is 1. The zero-order chi connectivity index (χ0) is 16.9. The second-order valence-electron chi connectivity index (χ2n) is 6.36. The second-order valence-corrected chi connectivity index (χ2v) is 6.36. The summed E-state index contributed by atoms with van der Waals surface area (Å²) in [6.45, 7) is 3.26. The van der Waals surface area contributed by atoms with Crippen LogP contribution in [0.2, 0.25) is 0 Å². The van der Waals surface area contributed by atoms with E-state index in [4.69, 9.17) is 18.9 Å². The molecule has 2 heterocycles. The summed E-state index contributed by atoms with van der Waals surface area (Å²) < 4.78 is 22.9. The van der Waals surface area contributed by atoms with Gasteiger partial charge in [0.05, 0.1) is 13.2 Å². The van der Waals surface area contributed by atoms with Gasteiger partial charge in [-0.2, -0.15) is 0 Å². The Bertz CT molecular complexity index is 538. The summed E-state index contributed by atoms with van der Waals surface area (Å²) in [4.78, 5) is 0. The van der Waals surface area contributed by atoms with Gasteiger partial charge in [0, 0.05) is 18.3 Å². The Morgan fingerprint density at radius 1 is 0.917 bits per heavy atom. The van der Waals surface area contributed by atoms with Gasteiger partial charge in [-0.25, -0.2) is 0 Å². The van der Waals surface area contributed by atoms with E-state index in [1.165, 1.54) is 0 Å². The summed E-state index contributed by atoms with van der Waals surface area (Å²) in [6, 6.07) is 3.39. The minimum absolute atomic E-state index is 0.278. The fourth-order valence-corrected chi connectivity index (χ4v) is 3.00. The van der Waals surface area contributed by atoms with Gasteiger partial charge in [0.2, 0.25) is 0 Å². The van der Waals surface area contributed by atoms with Gasteiger partial charge < -0.3 is 29.0 Å². The standard InChI is InChI=1S/C17H25BO6/c1-12-10-15(24-17-7-3-5-9-22-17)13(18(19)20)11-14(12)23-16-6-2-4-8-21-16/h10-11,16-17,19-20H,2-9H2,1H3. The molecule has 2 atom stereocenters. The van der Waals surface area contributed by atoms with Crippen molar-refractivity contribution < 1.29 is 29.0 Å². The van der Waals surface area contributed by atoms with E-state index in [0.717, 1.165) is 44.1 Å². The minimum atomic E-state index is -1.64. The van der Waals surface area contributed by atoms with Crippen LogP contribution in [0.15, 0.2) is 12.1 Å². The number of ether oxygens (including phenoxy) is 4. The van der Waals surface area contributed by atoms with Gasteiger partial charge in [-0.15, -0.1) is 0 Å². The molecule has 2 unspecified atom stereocenters. The molecule has 1 aromatic rings. The van der Waals surface area contributed by atoms with Crippen molar-refractivity contribution in [2.75, 3.05) is 13.2 Å². The predicted octanol–water partition coefficient (Wildman–Crippen LogP) is 1.49. The summed E-state index contributed by atoms with van der Waals surface area (Å²) in [5.74, 6) is 1.01. The summed E-state index contributed by atoms with van der Waals surface area (Å²) in [6.07, 6.45) is 5.20. The Hall–Kier alpha value is -1.28. The first-order valence-electron chi connectivity index (χ1n) is 8.70. The normalized spacial score (nSPS) is 24.5. The molecule has 2 N–H and O–H groups in total. The van der Waals surface area contributed by atoms with E-state index in [0.29, 0.717) is 24.7 Å². The molecule has 6 nitrogen and oxygen atoms in total. The molecule has 2 aliphatic rings. The van der Waals surface area contributed by atoms with E-state index in [9.17, 15) is 10.0 Å². The van der Waals surface area contributed by atoms with Crippen molar-refractivity contribution in [3.8, 4) is 11.5 Å².